The lowest BCUT2D eigenvalue weighted by Gasteiger charge is -2.34. The Labute approximate surface area is 101 Å². The molecule has 2 rings (SSSR count). The molecule has 0 saturated carbocycles. The number of hydrogen-bond acceptors (Lipinski definition) is 6. The quantitative estimate of drug-likeness (QED) is 0.806. The molecule has 1 atom stereocenters. The van der Waals surface area contributed by atoms with E-state index in [9.17, 15) is 0 Å². The average molecular weight is 237 g/mol. The van der Waals surface area contributed by atoms with Crippen molar-refractivity contribution in [2.45, 2.75) is 19.9 Å². The third kappa shape index (κ3) is 2.76. The Balaban J connectivity index is 2.24. The van der Waals surface area contributed by atoms with E-state index in [2.05, 4.69) is 27.1 Å². The molecule has 1 aromatic heterocycles. The van der Waals surface area contributed by atoms with Crippen LogP contribution in [0.5, 0.6) is 0 Å². The van der Waals surface area contributed by atoms with E-state index in [0.29, 0.717) is 12.0 Å². The first-order chi connectivity index (χ1) is 8.20. The lowest BCUT2D eigenvalue weighted by Crippen LogP contribution is -2.44. The second kappa shape index (κ2) is 5.18. The average Bonchev–Trinajstić information content (AvgIpc) is 2.29. The van der Waals surface area contributed by atoms with E-state index in [-0.39, 0.29) is 0 Å². The van der Waals surface area contributed by atoms with Crippen LogP contribution in [0.15, 0.2) is 6.07 Å². The molecule has 1 unspecified atom stereocenters. The fraction of sp³-hybridized carbons (Fsp3) is 0.636. The number of hydrogen-bond donors (Lipinski definition) is 2. The Morgan fingerprint density at radius 3 is 3.12 bits per heavy atom. The molecule has 2 heterocycles. The maximum absolute atomic E-state index is 5.72. The van der Waals surface area contributed by atoms with Crippen LogP contribution in [-0.4, -0.2) is 42.3 Å². The molecule has 0 aromatic carbocycles. The van der Waals surface area contributed by atoms with Crippen LogP contribution < -0.4 is 16.0 Å². The van der Waals surface area contributed by atoms with E-state index >= 15 is 0 Å². The highest BCUT2D eigenvalue weighted by Crippen LogP contribution is 2.20. The van der Waals surface area contributed by atoms with Crippen molar-refractivity contribution in [2.75, 3.05) is 42.3 Å². The zero-order valence-corrected chi connectivity index (χ0v) is 10.3. The van der Waals surface area contributed by atoms with Gasteiger partial charge in [0.15, 0.2) is 0 Å². The number of nitrogens with zero attached hydrogens (tertiary/aromatic N) is 3. The molecular weight excluding hydrogens is 218 g/mol. The zero-order chi connectivity index (χ0) is 12.3. The number of nitrogens with one attached hydrogen (secondary N) is 1. The summed E-state index contributed by atoms with van der Waals surface area (Å²) in [5.74, 6) is 1.94. The maximum atomic E-state index is 5.72. The highest BCUT2D eigenvalue weighted by Gasteiger charge is 2.21. The Bertz CT molecular complexity index is 384. The lowest BCUT2D eigenvalue weighted by molar-refractivity contribution is 0.0985. The van der Waals surface area contributed by atoms with Crippen molar-refractivity contribution >= 4 is 17.6 Å². The molecule has 0 amide bonds. The third-order valence-electron chi connectivity index (χ3n) is 2.75. The lowest BCUT2D eigenvalue weighted by atomic mass is 10.2. The first-order valence-electron chi connectivity index (χ1n) is 5.93. The number of nitrogen functional groups attached to an aromatic ring is 1. The van der Waals surface area contributed by atoms with E-state index in [1.54, 1.807) is 0 Å². The molecular formula is C11H19N5O. The van der Waals surface area contributed by atoms with Gasteiger partial charge in [0, 0.05) is 19.2 Å². The van der Waals surface area contributed by atoms with Gasteiger partial charge in [-0.15, -0.1) is 0 Å². The molecule has 0 bridgehead atoms. The molecule has 94 valence electrons. The number of morpholine rings is 1. The summed E-state index contributed by atoms with van der Waals surface area (Å²) in [6.45, 7) is 7.24. The molecule has 3 N–H and O–H groups in total. The van der Waals surface area contributed by atoms with E-state index in [1.807, 2.05) is 13.0 Å². The van der Waals surface area contributed by atoms with Crippen LogP contribution >= 0.6 is 0 Å². The van der Waals surface area contributed by atoms with Crippen molar-refractivity contribution in [3.05, 3.63) is 6.07 Å². The fourth-order valence-corrected chi connectivity index (χ4v) is 1.94. The summed E-state index contributed by atoms with van der Waals surface area (Å²) in [5.41, 5.74) is 5.72. The summed E-state index contributed by atoms with van der Waals surface area (Å²) in [5, 5.41) is 3.15. The molecule has 6 heteroatoms. The van der Waals surface area contributed by atoms with Gasteiger partial charge in [0.25, 0.3) is 0 Å². The maximum Gasteiger partial charge on any atom is 0.223 e. The second-order valence-corrected chi connectivity index (χ2v) is 4.12. The molecule has 0 radical (unpaired) electrons. The van der Waals surface area contributed by atoms with Crippen molar-refractivity contribution in [3.8, 4) is 0 Å². The normalized spacial score (nSPS) is 20.4. The number of aromatic nitrogens is 2. The number of rotatable bonds is 3. The summed E-state index contributed by atoms with van der Waals surface area (Å²) in [6.07, 6.45) is 0. The van der Waals surface area contributed by atoms with E-state index in [0.717, 1.165) is 37.9 Å². The largest absolute Gasteiger partial charge is 0.377 e. The molecule has 1 aliphatic rings. The van der Waals surface area contributed by atoms with Gasteiger partial charge >= 0.3 is 0 Å². The van der Waals surface area contributed by atoms with Gasteiger partial charge in [-0.3, -0.25) is 0 Å². The zero-order valence-electron chi connectivity index (χ0n) is 10.3. The van der Waals surface area contributed by atoms with Gasteiger partial charge in [0.1, 0.15) is 11.6 Å². The molecule has 1 fully saturated rings. The van der Waals surface area contributed by atoms with Crippen LogP contribution in [-0.2, 0) is 4.74 Å². The molecule has 1 aromatic rings. The smallest absolute Gasteiger partial charge is 0.223 e. The summed E-state index contributed by atoms with van der Waals surface area (Å²) < 4.78 is 5.41. The van der Waals surface area contributed by atoms with Gasteiger partial charge in [0.2, 0.25) is 5.95 Å². The van der Waals surface area contributed by atoms with Crippen LogP contribution in [0.2, 0.25) is 0 Å². The van der Waals surface area contributed by atoms with Gasteiger partial charge in [0.05, 0.1) is 19.3 Å². The molecule has 0 aliphatic carbocycles. The van der Waals surface area contributed by atoms with Gasteiger partial charge in [-0.1, -0.05) is 0 Å². The van der Waals surface area contributed by atoms with Crippen LogP contribution in [0.25, 0.3) is 0 Å². The summed E-state index contributed by atoms with van der Waals surface area (Å²) in [6, 6.07) is 2.24. The van der Waals surface area contributed by atoms with Crippen molar-refractivity contribution in [2.24, 2.45) is 0 Å². The Kier molecular flexibility index (Phi) is 3.63. The van der Waals surface area contributed by atoms with Gasteiger partial charge in [-0.2, -0.15) is 9.97 Å². The highest BCUT2D eigenvalue weighted by atomic mass is 16.5. The Morgan fingerprint density at radius 1 is 1.59 bits per heavy atom. The molecule has 1 saturated heterocycles. The van der Waals surface area contributed by atoms with Crippen LogP contribution in [0.1, 0.15) is 13.8 Å². The van der Waals surface area contributed by atoms with Crippen LogP contribution in [0.4, 0.5) is 17.6 Å². The van der Waals surface area contributed by atoms with E-state index in [1.165, 1.54) is 0 Å². The molecule has 0 spiro atoms. The number of nitrogens with two attached hydrogens (primary N) is 1. The second-order valence-electron chi connectivity index (χ2n) is 4.12. The third-order valence-corrected chi connectivity index (χ3v) is 2.75. The molecule has 1 aliphatic heterocycles. The molecule has 17 heavy (non-hydrogen) atoms. The standard InChI is InChI=1S/C11H19N5O/c1-3-13-9-6-10(15-11(12)14-9)16-4-5-17-7-8(16)2/h6,8H,3-5,7H2,1-2H3,(H3,12,13,14,15). The monoisotopic (exact) mass is 237 g/mol. The van der Waals surface area contributed by atoms with Crippen molar-refractivity contribution in [3.63, 3.8) is 0 Å². The minimum atomic E-state index is 0.303. The minimum absolute atomic E-state index is 0.303. The fourth-order valence-electron chi connectivity index (χ4n) is 1.94. The molecule has 6 nitrogen and oxygen atoms in total. The van der Waals surface area contributed by atoms with Gasteiger partial charge in [-0.25, -0.2) is 0 Å². The summed E-state index contributed by atoms with van der Waals surface area (Å²) in [4.78, 5) is 10.6. The number of anilines is 3. The van der Waals surface area contributed by atoms with Crippen molar-refractivity contribution in [1.82, 2.24) is 9.97 Å². The Hall–Kier alpha value is -1.56. The van der Waals surface area contributed by atoms with E-state index in [4.69, 9.17) is 10.5 Å². The van der Waals surface area contributed by atoms with Crippen LogP contribution in [0, 0.1) is 0 Å². The highest BCUT2D eigenvalue weighted by molar-refractivity contribution is 5.53. The van der Waals surface area contributed by atoms with Gasteiger partial charge < -0.3 is 20.7 Å². The predicted molar refractivity (Wildman–Crippen MR) is 68.2 cm³/mol. The summed E-state index contributed by atoms with van der Waals surface area (Å²) in [7, 11) is 0. The first-order valence-corrected chi connectivity index (χ1v) is 5.93. The number of ether oxygens (including phenoxy) is 1. The minimum Gasteiger partial charge on any atom is -0.377 e. The van der Waals surface area contributed by atoms with E-state index < -0.39 is 0 Å². The Morgan fingerprint density at radius 2 is 2.41 bits per heavy atom. The van der Waals surface area contributed by atoms with Crippen LogP contribution in [0.3, 0.4) is 0 Å². The van der Waals surface area contributed by atoms with Crippen molar-refractivity contribution < 1.29 is 4.74 Å². The predicted octanol–water partition coefficient (Wildman–Crippen LogP) is 0.716. The first kappa shape index (κ1) is 11.9. The van der Waals surface area contributed by atoms with Gasteiger partial charge in [-0.05, 0) is 13.8 Å². The SMILES string of the molecule is CCNc1cc(N2CCOCC2C)nc(N)n1. The van der Waals surface area contributed by atoms with Crippen molar-refractivity contribution in [1.29, 1.82) is 0 Å². The summed E-state index contributed by atoms with van der Waals surface area (Å²) >= 11 is 0. The topological polar surface area (TPSA) is 76.3 Å².